The third kappa shape index (κ3) is 26.0. The van der Waals surface area contributed by atoms with E-state index < -0.39 is 12.1 Å². The molecule has 1 atom stereocenters. The third-order valence-electron chi connectivity index (χ3n) is 13.1. The van der Waals surface area contributed by atoms with Gasteiger partial charge in [0.15, 0.2) is 6.29 Å². The summed E-state index contributed by atoms with van der Waals surface area (Å²) in [5, 5.41) is 32.4. The van der Waals surface area contributed by atoms with Crippen LogP contribution >= 0.6 is 58.0 Å². The zero-order valence-electron chi connectivity index (χ0n) is 48.7. The van der Waals surface area contributed by atoms with Crippen LogP contribution in [-0.4, -0.2) is 145 Å². The summed E-state index contributed by atoms with van der Waals surface area (Å²) in [6, 6.07) is 16.9. The molecule has 0 bridgehead atoms. The van der Waals surface area contributed by atoms with Crippen molar-refractivity contribution in [3.05, 3.63) is 183 Å². The largest absolute Gasteiger partial charge is 2.00 e. The van der Waals surface area contributed by atoms with E-state index in [-0.39, 0.29) is 138 Å². The Bertz CT molecular complexity index is 3630. The maximum Gasteiger partial charge on any atom is 2.00 e. The van der Waals surface area contributed by atoms with E-state index in [9.17, 15) is 19.5 Å². The summed E-state index contributed by atoms with van der Waals surface area (Å²) in [5.74, 6) is -0.896. The van der Waals surface area contributed by atoms with E-state index in [0.717, 1.165) is 58.7 Å². The molecule has 1 unspecified atom stereocenters. The molecule has 2 saturated carbocycles. The van der Waals surface area contributed by atoms with Crippen LogP contribution in [-0.2, 0) is 16.2 Å². The van der Waals surface area contributed by atoms with Crippen molar-refractivity contribution in [2.24, 2.45) is 5.92 Å². The fourth-order valence-electron chi connectivity index (χ4n) is 8.65. The van der Waals surface area contributed by atoms with Crippen LogP contribution in [0.1, 0.15) is 166 Å². The van der Waals surface area contributed by atoms with Crippen LogP contribution in [0.2, 0.25) is 25.1 Å². The number of hydrogen-bond donors (Lipinski definition) is 3. The van der Waals surface area contributed by atoms with E-state index in [4.69, 9.17) is 73.1 Å². The molecule has 491 valence electrons. The first-order valence-corrected chi connectivity index (χ1v) is 27.7. The van der Waals surface area contributed by atoms with Crippen LogP contribution in [0.5, 0.6) is 0 Å². The van der Waals surface area contributed by atoms with Crippen molar-refractivity contribution in [1.29, 1.82) is 0 Å². The molecule has 19 nitrogen and oxygen atoms in total. The third-order valence-corrected chi connectivity index (χ3v) is 14.7. The maximum absolute atomic E-state index is 11.9. The first-order chi connectivity index (χ1) is 39.2. The minimum Gasteiger partial charge on any atom is -1.00 e. The number of pyridine rings is 5. The summed E-state index contributed by atoms with van der Waals surface area (Å²) in [5.41, 5.74) is 6.56. The molecule has 2 aliphatic carbocycles. The van der Waals surface area contributed by atoms with Gasteiger partial charge in [-0.2, -0.15) is 12.8 Å². The van der Waals surface area contributed by atoms with Crippen molar-refractivity contribution in [3.8, 4) is 0 Å². The number of aromatic nitrogens is 10. The van der Waals surface area contributed by atoms with Crippen LogP contribution in [0.15, 0.2) is 123 Å². The van der Waals surface area contributed by atoms with Crippen molar-refractivity contribution in [1.82, 2.24) is 52.0 Å². The van der Waals surface area contributed by atoms with Gasteiger partial charge in [-0.3, -0.25) is 36.4 Å². The van der Waals surface area contributed by atoms with Crippen LogP contribution in [0, 0.1) is 12.3 Å². The van der Waals surface area contributed by atoms with Crippen LogP contribution in [0.3, 0.4) is 0 Å². The number of carboxylic acids is 1. The van der Waals surface area contributed by atoms with Crippen LogP contribution in [0.25, 0.3) is 27.6 Å². The molecule has 12 rings (SSSR count). The molecule has 10 heterocycles. The molecule has 3 N–H and O–H groups in total. The van der Waals surface area contributed by atoms with E-state index in [1.165, 1.54) is 87.8 Å². The summed E-state index contributed by atoms with van der Waals surface area (Å²) in [7, 11) is 4.65. The van der Waals surface area contributed by atoms with Gasteiger partial charge in [0, 0.05) is 34.9 Å². The number of aliphatic hydroxyl groups is 2. The number of amides is 1. The SMILES string of the molecule is C.C.C.C.C.C.CCOC.CON(C)C(=O)c1ccc(Cl)c2cncn12.O=C(O)c1ccc(Cl)c2cncn12.O=Cc1ccc(Cl)c2cncn12.OC(c1ccc(Cl)c2cncn12)C1CCCCC1.OCc1ccc(Cl)c2cncn12.[B].[CH-]1CCCCC1.[Cl-].[H-].[Mg+2].[Na+]. The number of carbonyl (C=O) groups is 3. The van der Waals surface area contributed by atoms with Gasteiger partial charge in [-0.05, 0) is 86.3 Å². The number of carbonyl (C=O) groups excluding carboxylic acids is 2. The number of aldehydes is 1. The van der Waals surface area contributed by atoms with Gasteiger partial charge in [-0.1, -0.05) is 141 Å². The summed E-state index contributed by atoms with van der Waals surface area (Å²) < 4.78 is 12.9. The molecule has 91 heavy (non-hydrogen) atoms. The van der Waals surface area contributed by atoms with Gasteiger partial charge in [0.1, 0.15) is 11.4 Å². The fourth-order valence-corrected chi connectivity index (χ4v) is 9.67. The first kappa shape index (κ1) is 95.2. The molecule has 2 fully saturated rings. The van der Waals surface area contributed by atoms with E-state index in [1.807, 2.05) is 23.5 Å². The number of ether oxygens (including phenoxy) is 1. The van der Waals surface area contributed by atoms with Crippen LogP contribution < -0.4 is 42.0 Å². The number of carboxylic acid groups (broad SMARTS) is 1. The molecular formula is C63H88BCl6MgN11NaO8. The number of imidazole rings is 5. The van der Waals surface area contributed by atoms with E-state index in [1.54, 1.807) is 114 Å². The fraction of sp³-hybridized carbons (Fsp3) is 0.381. The Hall–Kier alpha value is -4.53. The van der Waals surface area contributed by atoms with Gasteiger partial charge >= 0.3 is 58.6 Å². The van der Waals surface area contributed by atoms with Gasteiger partial charge in [-0.15, -0.1) is 0 Å². The number of halogens is 6. The molecule has 1 amide bonds. The molecule has 0 aromatic carbocycles. The van der Waals surface area contributed by atoms with Crippen LogP contribution in [0.4, 0.5) is 0 Å². The van der Waals surface area contributed by atoms with E-state index >= 15 is 0 Å². The number of aromatic carboxylic acids is 1. The van der Waals surface area contributed by atoms with Gasteiger partial charge in [0.2, 0.25) is 0 Å². The van der Waals surface area contributed by atoms with E-state index in [0.29, 0.717) is 53.5 Å². The Morgan fingerprint density at radius 2 is 1.00 bits per heavy atom. The smallest absolute Gasteiger partial charge is 1.00 e. The summed E-state index contributed by atoms with van der Waals surface area (Å²) in [4.78, 5) is 57.7. The van der Waals surface area contributed by atoms with Gasteiger partial charge in [0.05, 0.1) is 147 Å². The molecule has 28 heteroatoms. The van der Waals surface area contributed by atoms with Gasteiger partial charge < -0.3 is 40.3 Å². The number of hydroxylamine groups is 2. The number of hydrogen-bond acceptors (Lipinski definition) is 12. The van der Waals surface area contributed by atoms with Crippen molar-refractivity contribution in [2.75, 3.05) is 27.9 Å². The number of nitrogens with zero attached hydrogens (tertiary/aromatic N) is 11. The monoisotopic (exact) mass is 1390 g/mol. The molecular weight excluding hydrogens is 1310 g/mol. The average molecular weight is 1400 g/mol. The van der Waals surface area contributed by atoms with E-state index in [2.05, 4.69) is 36.1 Å². The summed E-state index contributed by atoms with van der Waals surface area (Å²) in [6.45, 7) is 2.77. The minimum atomic E-state index is -1.00. The average Bonchev–Trinajstić information content (AvgIpc) is 1.65. The molecule has 2 aliphatic rings. The Balaban J connectivity index is -0.000000237. The Kier molecular flexibility index (Phi) is 51.3. The predicted molar refractivity (Wildman–Crippen MR) is 368 cm³/mol. The number of fused-ring (bicyclic) bond motifs is 5. The molecule has 0 aliphatic heterocycles. The molecule has 3 radical (unpaired) electrons. The molecule has 10 aromatic heterocycles. The Morgan fingerprint density at radius 3 is 1.42 bits per heavy atom. The van der Waals surface area contributed by atoms with Crippen molar-refractivity contribution in [2.45, 2.75) is 128 Å². The Morgan fingerprint density at radius 1 is 0.626 bits per heavy atom. The number of rotatable bonds is 8. The second-order valence-corrected chi connectivity index (χ2v) is 20.2. The Labute approximate surface area is 610 Å². The predicted octanol–water partition coefficient (Wildman–Crippen LogP) is 10.2. The van der Waals surface area contributed by atoms with Gasteiger partial charge in [0.25, 0.3) is 5.91 Å². The van der Waals surface area contributed by atoms with Gasteiger partial charge in [-0.25, -0.2) is 34.8 Å². The first-order valence-electron chi connectivity index (χ1n) is 25.8. The zero-order valence-corrected chi connectivity index (χ0v) is 55.6. The minimum absolute atomic E-state index is 0. The normalized spacial score (nSPS) is 11.9. The standard InChI is InChI=1S/C14H17ClN2O.C10H10ClN3O2.C8H5ClN2O2.C8H7ClN2O.C8H5ClN2O.C6H11.C3H8O.6CH4.B.ClH.Mg.Na.H/c15-11-6-7-12(17-9-16-8-13(11)17)14(18)10-4-2-1-3-5-10;1-13(16-2)10(15)8-4-3-7(11)9-5-12-6-14(8)9;9-5-1-2-6(8(12)13)11-4-10-3-7(5)11;2*9-7-2-1-6(4-12)11-5-10-3-8(7)11;1-2-4-6-5-3-1;1-3-4-2;;;;;;;;;;;/h6-10,14,18H,1-5H2;3-6H,1-2H3;1-4H,(H,12,13);1-3,5,12H,4H2;1-5H;1H,2-6H2;3H2,1-2H3;6*1H4;;1H;;;/q;;;;;-1;;;;;;;;;;+2;+1;-1/p-1. The number of aliphatic hydroxyl groups excluding tert-OH is 2. The van der Waals surface area contributed by atoms with Crippen molar-refractivity contribution >= 4 is 135 Å². The summed E-state index contributed by atoms with van der Waals surface area (Å²) in [6.07, 6.45) is 31.8. The van der Waals surface area contributed by atoms with Crippen molar-refractivity contribution in [3.63, 3.8) is 0 Å². The summed E-state index contributed by atoms with van der Waals surface area (Å²) >= 11 is 29.6. The topological polar surface area (TPSA) is 220 Å². The molecule has 0 saturated heterocycles. The second kappa shape index (κ2) is 49.1. The quantitative estimate of drug-likeness (QED) is 0.0559. The number of methoxy groups -OCH3 is 1. The maximum atomic E-state index is 11.9. The van der Waals surface area contributed by atoms with Crippen molar-refractivity contribution < 1.29 is 82.7 Å². The molecule has 10 aromatic rings. The zero-order chi connectivity index (χ0) is 58.4. The molecule has 0 spiro atoms. The second-order valence-electron chi connectivity index (χ2n) is 18.2.